The molecule has 1 fully saturated rings. The standard InChI is InChI=1S/C14H19BrN2O.ClH/c1-10(11-4-2-5-12(15)8-11)17-14(18)9-13-6-3-7-16-13;/h2,4-5,8,10,13,16H,3,6-7,9H2,1H3,(H,17,18);1H. The Kier molecular flexibility index (Phi) is 6.83. The fourth-order valence-electron chi connectivity index (χ4n) is 2.31. The van der Waals surface area contributed by atoms with Gasteiger partial charge in [-0.15, -0.1) is 12.4 Å². The first kappa shape index (κ1) is 16.5. The van der Waals surface area contributed by atoms with Gasteiger partial charge in [-0.3, -0.25) is 4.79 Å². The minimum atomic E-state index is 0. The van der Waals surface area contributed by atoms with Gasteiger partial charge >= 0.3 is 0 Å². The highest BCUT2D eigenvalue weighted by molar-refractivity contribution is 9.10. The molecule has 1 aliphatic heterocycles. The summed E-state index contributed by atoms with van der Waals surface area (Å²) in [5.41, 5.74) is 1.12. The van der Waals surface area contributed by atoms with E-state index in [9.17, 15) is 4.79 Å². The molecule has 1 aromatic carbocycles. The highest BCUT2D eigenvalue weighted by atomic mass is 79.9. The van der Waals surface area contributed by atoms with E-state index < -0.39 is 0 Å². The van der Waals surface area contributed by atoms with Gasteiger partial charge in [0.15, 0.2) is 0 Å². The van der Waals surface area contributed by atoms with Gasteiger partial charge in [-0.2, -0.15) is 0 Å². The monoisotopic (exact) mass is 346 g/mol. The summed E-state index contributed by atoms with van der Waals surface area (Å²) in [7, 11) is 0. The molecule has 2 rings (SSSR count). The van der Waals surface area contributed by atoms with E-state index in [1.54, 1.807) is 0 Å². The summed E-state index contributed by atoms with van der Waals surface area (Å²) >= 11 is 3.44. The number of hydrogen-bond acceptors (Lipinski definition) is 2. The van der Waals surface area contributed by atoms with Crippen LogP contribution in [0.15, 0.2) is 28.7 Å². The van der Waals surface area contributed by atoms with Gasteiger partial charge in [0.1, 0.15) is 0 Å². The number of nitrogens with one attached hydrogen (secondary N) is 2. The Hall–Kier alpha value is -0.580. The second kappa shape index (κ2) is 7.88. The minimum absolute atomic E-state index is 0. The van der Waals surface area contributed by atoms with Crippen LogP contribution in [0.1, 0.15) is 37.8 Å². The molecule has 2 unspecified atom stereocenters. The SMILES string of the molecule is CC(NC(=O)CC1CCCN1)c1cccc(Br)c1.Cl. The largest absolute Gasteiger partial charge is 0.350 e. The topological polar surface area (TPSA) is 41.1 Å². The van der Waals surface area contributed by atoms with Crippen LogP contribution in [0.2, 0.25) is 0 Å². The van der Waals surface area contributed by atoms with Gasteiger partial charge in [-0.05, 0) is 44.0 Å². The molecule has 1 amide bonds. The summed E-state index contributed by atoms with van der Waals surface area (Å²) in [6, 6.07) is 8.46. The van der Waals surface area contributed by atoms with Crippen molar-refractivity contribution in [3.63, 3.8) is 0 Å². The number of carbonyl (C=O) groups is 1. The Morgan fingerprint density at radius 2 is 2.37 bits per heavy atom. The highest BCUT2D eigenvalue weighted by Crippen LogP contribution is 2.18. The second-order valence-electron chi connectivity index (χ2n) is 4.84. The number of benzene rings is 1. The lowest BCUT2D eigenvalue weighted by Crippen LogP contribution is -2.33. The Morgan fingerprint density at radius 3 is 3.00 bits per heavy atom. The molecule has 0 spiro atoms. The van der Waals surface area contributed by atoms with E-state index in [1.165, 1.54) is 6.42 Å². The molecule has 1 aliphatic rings. The van der Waals surface area contributed by atoms with Crippen molar-refractivity contribution < 1.29 is 4.79 Å². The average Bonchev–Trinajstić information content (AvgIpc) is 2.81. The first-order valence-corrected chi connectivity index (χ1v) is 7.22. The fourth-order valence-corrected chi connectivity index (χ4v) is 2.73. The third-order valence-electron chi connectivity index (χ3n) is 3.32. The zero-order valence-electron chi connectivity index (χ0n) is 11.0. The van der Waals surface area contributed by atoms with Gasteiger partial charge in [0, 0.05) is 16.9 Å². The maximum Gasteiger partial charge on any atom is 0.222 e. The van der Waals surface area contributed by atoms with Crippen LogP contribution in [0.3, 0.4) is 0 Å². The van der Waals surface area contributed by atoms with Crippen LogP contribution < -0.4 is 10.6 Å². The molecule has 19 heavy (non-hydrogen) atoms. The number of amides is 1. The predicted molar refractivity (Wildman–Crippen MR) is 83.6 cm³/mol. The van der Waals surface area contributed by atoms with Gasteiger partial charge in [-0.1, -0.05) is 28.1 Å². The predicted octanol–water partition coefficient (Wildman–Crippen LogP) is 3.19. The summed E-state index contributed by atoms with van der Waals surface area (Å²) in [4.78, 5) is 11.9. The zero-order chi connectivity index (χ0) is 13.0. The molecule has 5 heteroatoms. The molecule has 0 radical (unpaired) electrons. The fraction of sp³-hybridized carbons (Fsp3) is 0.500. The Labute approximate surface area is 129 Å². The van der Waals surface area contributed by atoms with E-state index in [2.05, 4.69) is 26.6 Å². The van der Waals surface area contributed by atoms with Crippen molar-refractivity contribution in [2.24, 2.45) is 0 Å². The number of halogens is 2. The van der Waals surface area contributed by atoms with Crippen LogP contribution in [-0.2, 0) is 4.79 Å². The maximum atomic E-state index is 11.9. The van der Waals surface area contributed by atoms with Crippen molar-refractivity contribution in [3.05, 3.63) is 34.3 Å². The summed E-state index contributed by atoms with van der Waals surface area (Å²) in [6.07, 6.45) is 2.87. The molecule has 1 saturated heterocycles. The summed E-state index contributed by atoms with van der Waals surface area (Å²) in [6.45, 7) is 3.06. The van der Waals surface area contributed by atoms with Crippen molar-refractivity contribution >= 4 is 34.2 Å². The van der Waals surface area contributed by atoms with Gasteiger partial charge in [0.05, 0.1) is 6.04 Å². The van der Waals surface area contributed by atoms with Crippen LogP contribution in [0.4, 0.5) is 0 Å². The molecular weight excluding hydrogens is 328 g/mol. The Bertz CT molecular complexity index is 422. The van der Waals surface area contributed by atoms with E-state index in [-0.39, 0.29) is 24.4 Å². The number of hydrogen-bond donors (Lipinski definition) is 2. The lowest BCUT2D eigenvalue weighted by molar-refractivity contribution is -0.122. The third kappa shape index (κ3) is 5.13. The minimum Gasteiger partial charge on any atom is -0.350 e. The molecule has 1 aromatic rings. The van der Waals surface area contributed by atoms with Crippen LogP contribution >= 0.6 is 28.3 Å². The third-order valence-corrected chi connectivity index (χ3v) is 3.81. The first-order valence-electron chi connectivity index (χ1n) is 6.43. The van der Waals surface area contributed by atoms with Crippen molar-refractivity contribution in [3.8, 4) is 0 Å². The second-order valence-corrected chi connectivity index (χ2v) is 5.76. The van der Waals surface area contributed by atoms with Crippen LogP contribution in [-0.4, -0.2) is 18.5 Å². The smallest absolute Gasteiger partial charge is 0.222 e. The molecule has 3 nitrogen and oxygen atoms in total. The van der Waals surface area contributed by atoms with Crippen molar-refractivity contribution in [2.75, 3.05) is 6.54 Å². The lowest BCUT2D eigenvalue weighted by atomic mass is 10.1. The zero-order valence-corrected chi connectivity index (χ0v) is 13.4. The molecule has 2 N–H and O–H groups in total. The number of carbonyl (C=O) groups excluding carboxylic acids is 1. The summed E-state index contributed by atoms with van der Waals surface area (Å²) in [5, 5.41) is 6.39. The van der Waals surface area contributed by atoms with Crippen molar-refractivity contribution in [1.82, 2.24) is 10.6 Å². The number of rotatable bonds is 4. The normalized spacial score (nSPS) is 19.6. The van der Waals surface area contributed by atoms with E-state index >= 15 is 0 Å². The molecular formula is C14H20BrClN2O. The average molecular weight is 348 g/mol. The maximum absolute atomic E-state index is 11.9. The molecule has 2 atom stereocenters. The van der Waals surface area contributed by atoms with E-state index in [0.29, 0.717) is 12.5 Å². The van der Waals surface area contributed by atoms with Crippen LogP contribution in [0.25, 0.3) is 0 Å². The van der Waals surface area contributed by atoms with Crippen LogP contribution in [0, 0.1) is 0 Å². The molecule has 1 heterocycles. The van der Waals surface area contributed by atoms with Gasteiger partial charge in [0.2, 0.25) is 5.91 Å². The van der Waals surface area contributed by atoms with E-state index in [1.807, 2.05) is 31.2 Å². The summed E-state index contributed by atoms with van der Waals surface area (Å²) in [5.74, 6) is 0.127. The first-order chi connectivity index (χ1) is 8.65. The van der Waals surface area contributed by atoms with E-state index in [0.717, 1.165) is 23.0 Å². The van der Waals surface area contributed by atoms with Gasteiger partial charge in [0.25, 0.3) is 0 Å². The lowest BCUT2D eigenvalue weighted by Gasteiger charge is -2.16. The van der Waals surface area contributed by atoms with Gasteiger partial charge < -0.3 is 10.6 Å². The molecule has 0 aromatic heterocycles. The molecule has 106 valence electrons. The Morgan fingerprint density at radius 1 is 1.58 bits per heavy atom. The molecule has 0 aliphatic carbocycles. The van der Waals surface area contributed by atoms with E-state index in [4.69, 9.17) is 0 Å². The Balaban J connectivity index is 0.00000180. The molecule has 0 saturated carbocycles. The van der Waals surface area contributed by atoms with Gasteiger partial charge in [-0.25, -0.2) is 0 Å². The highest BCUT2D eigenvalue weighted by Gasteiger charge is 2.18. The quantitative estimate of drug-likeness (QED) is 0.878. The molecule has 0 bridgehead atoms. The van der Waals surface area contributed by atoms with Crippen molar-refractivity contribution in [1.29, 1.82) is 0 Å². The van der Waals surface area contributed by atoms with Crippen molar-refractivity contribution in [2.45, 2.75) is 38.3 Å². The van der Waals surface area contributed by atoms with Crippen LogP contribution in [0.5, 0.6) is 0 Å². The summed E-state index contributed by atoms with van der Waals surface area (Å²) < 4.78 is 1.04.